The minimum Gasteiger partial charge on any atom is -0.382 e. The van der Waals surface area contributed by atoms with Crippen LogP contribution in [-0.4, -0.2) is 28.8 Å². The zero-order valence-corrected chi connectivity index (χ0v) is 10.4. The second-order valence-electron chi connectivity index (χ2n) is 3.99. The van der Waals surface area contributed by atoms with Gasteiger partial charge in [0.2, 0.25) is 0 Å². The van der Waals surface area contributed by atoms with Crippen molar-refractivity contribution in [2.24, 2.45) is 5.73 Å². The fourth-order valence-corrected chi connectivity index (χ4v) is 1.69. The standard InChI is InChI=1S/C12H23N3O/c1-3-7-15-8-6-14-12(15)10-11(13)5-9-16-4-2/h6,8,11H,3-5,7,9-10,13H2,1-2H3. The van der Waals surface area contributed by atoms with Gasteiger partial charge >= 0.3 is 0 Å². The Hall–Kier alpha value is -0.870. The molecule has 0 aliphatic rings. The van der Waals surface area contributed by atoms with Crippen LogP contribution in [0.15, 0.2) is 12.4 Å². The third-order valence-electron chi connectivity index (χ3n) is 2.55. The van der Waals surface area contributed by atoms with Gasteiger partial charge in [-0.25, -0.2) is 4.98 Å². The van der Waals surface area contributed by atoms with Crippen molar-refractivity contribution in [3.8, 4) is 0 Å². The number of hydrogen-bond acceptors (Lipinski definition) is 3. The highest BCUT2D eigenvalue weighted by atomic mass is 16.5. The van der Waals surface area contributed by atoms with Crippen molar-refractivity contribution in [1.29, 1.82) is 0 Å². The van der Waals surface area contributed by atoms with Crippen LogP contribution in [0.4, 0.5) is 0 Å². The van der Waals surface area contributed by atoms with Crippen molar-refractivity contribution in [3.63, 3.8) is 0 Å². The number of ether oxygens (including phenoxy) is 1. The van der Waals surface area contributed by atoms with Crippen LogP contribution in [0, 0.1) is 0 Å². The second kappa shape index (κ2) is 7.41. The summed E-state index contributed by atoms with van der Waals surface area (Å²) in [6.45, 7) is 6.69. The summed E-state index contributed by atoms with van der Waals surface area (Å²) in [5.74, 6) is 1.09. The van der Waals surface area contributed by atoms with Crippen LogP contribution < -0.4 is 5.73 Å². The summed E-state index contributed by atoms with van der Waals surface area (Å²) in [4.78, 5) is 4.35. The van der Waals surface area contributed by atoms with E-state index in [0.717, 1.165) is 44.8 Å². The van der Waals surface area contributed by atoms with Gasteiger partial charge in [-0.15, -0.1) is 0 Å². The number of aryl methyl sites for hydroxylation is 1. The summed E-state index contributed by atoms with van der Waals surface area (Å²) in [6, 6.07) is 0.143. The Morgan fingerprint density at radius 3 is 3.00 bits per heavy atom. The van der Waals surface area contributed by atoms with Crippen LogP contribution in [0.25, 0.3) is 0 Å². The minimum absolute atomic E-state index is 0.143. The average Bonchev–Trinajstić information content (AvgIpc) is 2.67. The lowest BCUT2D eigenvalue weighted by Gasteiger charge is -2.12. The van der Waals surface area contributed by atoms with Gasteiger partial charge in [-0.2, -0.15) is 0 Å². The Bertz CT molecular complexity index is 286. The summed E-state index contributed by atoms with van der Waals surface area (Å²) in [6.07, 6.45) is 6.72. The van der Waals surface area contributed by atoms with Gasteiger partial charge in [0.25, 0.3) is 0 Å². The molecule has 0 spiro atoms. The quantitative estimate of drug-likeness (QED) is 0.684. The first-order chi connectivity index (χ1) is 7.77. The zero-order chi connectivity index (χ0) is 11.8. The normalized spacial score (nSPS) is 12.9. The van der Waals surface area contributed by atoms with E-state index in [0.29, 0.717) is 0 Å². The molecule has 0 amide bonds. The minimum atomic E-state index is 0.143. The van der Waals surface area contributed by atoms with E-state index < -0.39 is 0 Å². The largest absolute Gasteiger partial charge is 0.382 e. The third kappa shape index (κ3) is 4.33. The molecule has 1 atom stereocenters. The molecule has 1 unspecified atom stereocenters. The fourth-order valence-electron chi connectivity index (χ4n) is 1.69. The number of rotatable bonds is 8. The Morgan fingerprint density at radius 2 is 2.31 bits per heavy atom. The van der Waals surface area contributed by atoms with Crippen molar-refractivity contribution < 1.29 is 4.74 Å². The SMILES string of the molecule is CCCn1ccnc1CC(N)CCOCC. The fraction of sp³-hybridized carbons (Fsp3) is 0.750. The number of imidazole rings is 1. The molecule has 0 fully saturated rings. The maximum atomic E-state index is 6.04. The van der Waals surface area contributed by atoms with Crippen LogP contribution in [0.2, 0.25) is 0 Å². The van der Waals surface area contributed by atoms with Gasteiger partial charge in [-0.3, -0.25) is 0 Å². The molecule has 0 aromatic carbocycles. The van der Waals surface area contributed by atoms with Crippen molar-refractivity contribution in [2.45, 2.75) is 45.7 Å². The zero-order valence-electron chi connectivity index (χ0n) is 10.4. The lowest BCUT2D eigenvalue weighted by molar-refractivity contribution is 0.139. The first-order valence-corrected chi connectivity index (χ1v) is 6.11. The van der Waals surface area contributed by atoms with E-state index in [9.17, 15) is 0 Å². The molecule has 16 heavy (non-hydrogen) atoms. The van der Waals surface area contributed by atoms with Crippen LogP contribution >= 0.6 is 0 Å². The van der Waals surface area contributed by atoms with Gasteiger partial charge in [0.05, 0.1) is 0 Å². The van der Waals surface area contributed by atoms with Gasteiger partial charge in [-0.05, 0) is 19.8 Å². The van der Waals surface area contributed by atoms with E-state index in [4.69, 9.17) is 10.5 Å². The van der Waals surface area contributed by atoms with Crippen LogP contribution in [0.5, 0.6) is 0 Å². The van der Waals surface area contributed by atoms with Crippen molar-refractivity contribution >= 4 is 0 Å². The number of nitrogens with zero attached hydrogens (tertiary/aromatic N) is 2. The smallest absolute Gasteiger partial charge is 0.110 e. The number of aromatic nitrogens is 2. The Labute approximate surface area is 97.8 Å². The average molecular weight is 225 g/mol. The van der Waals surface area contributed by atoms with E-state index in [1.165, 1.54) is 0 Å². The molecule has 1 rings (SSSR count). The first-order valence-electron chi connectivity index (χ1n) is 6.11. The molecule has 4 heteroatoms. The molecule has 4 nitrogen and oxygen atoms in total. The molecular weight excluding hydrogens is 202 g/mol. The summed E-state index contributed by atoms with van der Waals surface area (Å²) < 4.78 is 7.47. The van der Waals surface area contributed by atoms with Gasteiger partial charge in [0.15, 0.2) is 0 Å². The van der Waals surface area contributed by atoms with E-state index in [1.54, 1.807) is 0 Å². The highest BCUT2D eigenvalue weighted by Gasteiger charge is 2.08. The maximum absolute atomic E-state index is 6.04. The summed E-state index contributed by atoms with van der Waals surface area (Å²) >= 11 is 0. The van der Waals surface area contributed by atoms with Crippen molar-refractivity contribution in [3.05, 3.63) is 18.2 Å². The Morgan fingerprint density at radius 1 is 1.50 bits per heavy atom. The van der Waals surface area contributed by atoms with E-state index in [2.05, 4.69) is 16.5 Å². The lowest BCUT2D eigenvalue weighted by Crippen LogP contribution is -2.26. The predicted octanol–water partition coefficient (Wildman–Crippen LogP) is 1.59. The number of hydrogen-bond donors (Lipinski definition) is 1. The van der Waals surface area contributed by atoms with Gasteiger partial charge in [0.1, 0.15) is 5.82 Å². The molecule has 0 aliphatic heterocycles. The molecule has 0 aliphatic carbocycles. The van der Waals surface area contributed by atoms with Gasteiger partial charge < -0.3 is 15.0 Å². The first kappa shape index (κ1) is 13.2. The Balaban J connectivity index is 2.36. The van der Waals surface area contributed by atoms with Gasteiger partial charge in [0, 0.05) is 44.6 Å². The molecule has 0 saturated carbocycles. The summed E-state index contributed by atoms with van der Waals surface area (Å²) in [5, 5.41) is 0. The van der Waals surface area contributed by atoms with Crippen LogP contribution in [0.1, 0.15) is 32.5 Å². The molecule has 2 N–H and O–H groups in total. The topological polar surface area (TPSA) is 53.1 Å². The maximum Gasteiger partial charge on any atom is 0.110 e. The Kier molecular flexibility index (Phi) is 6.11. The third-order valence-corrected chi connectivity index (χ3v) is 2.55. The number of nitrogens with two attached hydrogens (primary N) is 1. The van der Waals surface area contributed by atoms with Crippen molar-refractivity contribution in [1.82, 2.24) is 9.55 Å². The molecule has 92 valence electrons. The molecule has 1 aromatic rings. The summed E-state index contributed by atoms with van der Waals surface area (Å²) in [7, 11) is 0. The van der Waals surface area contributed by atoms with Gasteiger partial charge in [-0.1, -0.05) is 6.92 Å². The summed E-state index contributed by atoms with van der Waals surface area (Å²) in [5.41, 5.74) is 6.04. The van der Waals surface area contributed by atoms with E-state index in [-0.39, 0.29) is 6.04 Å². The molecular formula is C12H23N3O. The van der Waals surface area contributed by atoms with E-state index >= 15 is 0 Å². The lowest BCUT2D eigenvalue weighted by atomic mass is 10.1. The van der Waals surface area contributed by atoms with Crippen LogP contribution in [-0.2, 0) is 17.7 Å². The molecule has 1 heterocycles. The second-order valence-corrected chi connectivity index (χ2v) is 3.99. The molecule has 1 aromatic heterocycles. The highest BCUT2D eigenvalue weighted by molar-refractivity contribution is 4.95. The predicted molar refractivity (Wildman–Crippen MR) is 65.3 cm³/mol. The monoisotopic (exact) mass is 225 g/mol. The van der Waals surface area contributed by atoms with Crippen LogP contribution in [0.3, 0.4) is 0 Å². The molecule has 0 saturated heterocycles. The molecule has 0 radical (unpaired) electrons. The molecule has 0 bridgehead atoms. The highest BCUT2D eigenvalue weighted by Crippen LogP contribution is 2.04. The van der Waals surface area contributed by atoms with Crippen molar-refractivity contribution in [2.75, 3.05) is 13.2 Å². The van der Waals surface area contributed by atoms with E-state index in [1.807, 2.05) is 19.3 Å².